The van der Waals surface area contributed by atoms with Gasteiger partial charge in [-0.05, 0) is 49.6 Å². The van der Waals surface area contributed by atoms with E-state index < -0.39 is 18.2 Å². The Hall–Kier alpha value is -2.61. The second-order valence-electron chi connectivity index (χ2n) is 8.94. The highest BCUT2D eigenvalue weighted by Crippen LogP contribution is 2.32. The maximum absolute atomic E-state index is 12.5. The minimum atomic E-state index is -0.663. The van der Waals surface area contributed by atoms with Gasteiger partial charge in [-0.15, -0.1) is 0 Å². The van der Waals surface area contributed by atoms with E-state index in [1.54, 1.807) is 0 Å². The van der Waals surface area contributed by atoms with Crippen molar-refractivity contribution in [2.45, 2.75) is 39.0 Å². The van der Waals surface area contributed by atoms with Crippen LogP contribution in [0, 0.1) is 20.8 Å². The Labute approximate surface area is 189 Å². The van der Waals surface area contributed by atoms with Gasteiger partial charge in [-0.1, -0.05) is 29.8 Å². The topological polar surface area (TPSA) is 88.3 Å². The number of primary amides is 1. The van der Waals surface area contributed by atoms with E-state index in [2.05, 4.69) is 28.9 Å². The number of β-amino-alcohol motifs (C(OH)–C–C–N with tert-alkyl or cyclic N) is 1. The lowest BCUT2D eigenvalue weighted by atomic mass is 9.92. The van der Waals surface area contributed by atoms with Crippen LogP contribution in [0.15, 0.2) is 36.4 Å². The van der Waals surface area contributed by atoms with Crippen molar-refractivity contribution in [2.75, 3.05) is 39.3 Å². The molecule has 1 amide bonds. The molecule has 0 radical (unpaired) electrons. The summed E-state index contributed by atoms with van der Waals surface area (Å²) in [4.78, 5) is 16.8. The standard InChI is InChI=1S/C25H33N3O4/c1-16-12-17(2)23(18(3)13-16)24(25(26)30)28-10-8-27(9-11-28)14-19(29)22-15-31-20-6-4-5-7-21(20)32-22/h4-7,12-13,19,22,24,29H,8-11,14-15H2,1-3H3,(H2,26,30). The Morgan fingerprint density at radius 2 is 1.72 bits per heavy atom. The van der Waals surface area contributed by atoms with Crippen LogP contribution in [-0.2, 0) is 4.79 Å². The highest BCUT2D eigenvalue weighted by molar-refractivity contribution is 5.82. The zero-order chi connectivity index (χ0) is 22.8. The van der Waals surface area contributed by atoms with Crippen molar-refractivity contribution >= 4 is 5.91 Å². The second kappa shape index (κ2) is 9.48. The van der Waals surface area contributed by atoms with E-state index in [4.69, 9.17) is 15.2 Å². The molecule has 172 valence electrons. The molecule has 1 saturated heterocycles. The third-order valence-electron chi connectivity index (χ3n) is 6.46. The molecule has 3 N–H and O–H groups in total. The molecule has 4 rings (SSSR count). The number of nitrogens with two attached hydrogens (primary N) is 1. The molecule has 0 aliphatic carbocycles. The van der Waals surface area contributed by atoms with Crippen LogP contribution in [0.25, 0.3) is 0 Å². The van der Waals surface area contributed by atoms with Crippen molar-refractivity contribution in [3.05, 3.63) is 58.7 Å². The van der Waals surface area contributed by atoms with Crippen LogP contribution < -0.4 is 15.2 Å². The number of ether oxygens (including phenoxy) is 2. The number of hydrogen-bond acceptors (Lipinski definition) is 6. The van der Waals surface area contributed by atoms with E-state index >= 15 is 0 Å². The molecule has 2 aliphatic rings. The molecule has 0 spiro atoms. The monoisotopic (exact) mass is 439 g/mol. The molecule has 2 aromatic carbocycles. The fourth-order valence-corrected chi connectivity index (χ4v) is 4.94. The fourth-order valence-electron chi connectivity index (χ4n) is 4.94. The van der Waals surface area contributed by atoms with E-state index in [1.165, 1.54) is 5.56 Å². The molecule has 0 aromatic heterocycles. The van der Waals surface area contributed by atoms with Gasteiger partial charge >= 0.3 is 0 Å². The second-order valence-corrected chi connectivity index (χ2v) is 8.94. The predicted octanol–water partition coefficient (Wildman–Crippen LogP) is 1.96. The molecule has 7 nitrogen and oxygen atoms in total. The summed E-state index contributed by atoms with van der Waals surface area (Å²) in [6.07, 6.45) is -1.07. The normalized spacial score (nSPS) is 21.2. The number of fused-ring (bicyclic) bond motifs is 1. The maximum Gasteiger partial charge on any atom is 0.239 e. The third kappa shape index (κ3) is 4.75. The first-order chi connectivity index (χ1) is 15.3. The summed E-state index contributed by atoms with van der Waals surface area (Å²) in [5.74, 6) is 1.06. The van der Waals surface area contributed by atoms with Gasteiger partial charge in [0.1, 0.15) is 18.8 Å². The Morgan fingerprint density at radius 3 is 2.34 bits per heavy atom. The predicted molar refractivity (Wildman–Crippen MR) is 123 cm³/mol. The molecule has 0 bridgehead atoms. The lowest BCUT2D eigenvalue weighted by Crippen LogP contribution is -2.54. The van der Waals surface area contributed by atoms with Gasteiger partial charge in [-0.2, -0.15) is 0 Å². The lowest BCUT2D eigenvalue weighted by molar-refractivity contribution is -0.124. The van der Waals surface area contributed by atoms with Crippen molar-refractivity contribution in [1.29, 1.82) is 0 Å². The number of piperazine rings is 1. The molecule has 2 aliphatic heterocycles. The van der Waals surface area contributed by atoms with Crippen LogP contribution in [0.5, 0.6) is 11.5 Å². The number of carbonyl (C=O) groups is 1. The SMILES string of the molecule is Cc1cc(C)c(C(C(N)=O)N2CCN(CC(O)C3COc4ccccc4O3)CC2)c(C)c1. The summed E-state index contributed by atoms with van der Waals surface area (Å²) >= 11 is 0. The smallest absolute Gasteiger partial charge is 0.239 e. The van der Waals surface area contributed by atoms with Gasteiger partial charge in [0.25, 0.3) is 0 Å². The minimum absolute atomic E-state index is 0.319. The number of para-hydroxylation sites is 2. The Morgan fingerprint density at radius 1 is 1.09 bits per heavy atom. The van der Waals surface area contributed by atoms with Gasteiger partial charge in [0.15, 0.2) is 17.6 Å². The van der Waals surface area contributed by atoms with Gasteiger partial charge < -0.3 is 20.3 Å². The van der Waals surface area contributed by atoms with E-state index in [0.29, 0.717) is 37.7 Å². The first-order valence-corrected chi connectivity index (χ1v) is 11.2. The number of nitrogens with zero attached hydrogens (tertiary/aromatic N) is 2. The van der Waals surface area contributed by atoms with Gasteiger partial charge in [0.2, 0.25) is 5.91 Å². The van der Waals surface area contributed by atoms with E-state index in [-0.39, 0.29) is 5.91 Å². The van der Waals surface area contributed by atoms with Crippen molar-refractivity contribution in [3.63, 3.8) is 0 Å². The highest BCUT2D eigenvalue weighted by Gasteiger charge is 2.33. The summed E-state index contributed by atoms with van der Waals surface area (Å²) in [6, 6.07) is 11.3. The van der Waals surface area contributed by atoms with Crippen LogP contribution in [-0.4, -0.2) is 72.4 Å². The van der Waals surface area contributed by atoms with Crippen LogP contribution in [0.4, 0.5) is 0 Å². The van der Waals surface area contributed by atoms with Crippen molar-refractivity contribution in [3.8, 4) is 11.5 Å². The van der Waals surface area contributed by atoms with Crippen molar-refractivity contribution in [1.82, 2.24) is 9.80 Å². The van der Waals surface area contributed by atoms with Crippen molar-refractivity contribution < 1.29 is 19.4 Å². The average Bonchev–Trinajstić information content (AvgIpc) is 2.76. The van der Waals surface area contributed by atoms with E-state index in [1.807, 2.05) is 38.1 Å². The summed E-state index contributed by atoms with van der Waals surface area (Å²) in [5.41, 5.74) is 10.3. The molecule has 32 heavy (non-hydrogen) atoms. The van der Waals surface area contributed by atoms with Crippen LogP contribution in [0.3, 0.4) is 0 Å². The zero-order valence-corrected chi connectivity index (χ0v) is 19.1. The minimum Gasteiger partial charge on any atom is -0.486 e. The molecule has 1 fully saturated rings. The van der Waals surface area contributed by atoms with E-state index in [0.717, 1.165) is 29.8 Å². The Kier molecular flexibility index (Phi) is 6.69. The molecular weight excluding hydrogens is 406 g/mol. The van der Waals surface area contributed by atoms with Gasteiger partial charge in [0.05, 0.1) is 0 Å². The zero-order valence-electron chi connectivity index (χ0n) is 19.1. The summed E-state index contributed by atoms with van der Waals surface area (Å²) in [5, 5.41) is 10.8. The number of rotatable bonds is 6. The molecule has 7 heteroatoms. The van der Waals surface area contributed by atoms with Crippen LogP contribution in [0.2, 0.25) is 0 Å². The molecule has 3 atom stereocenters. The largest absolute Gasteiger partial charge is 0.486 e. The van der Waals surface area contributed by atoms with Crippen molar-refractivity contribution in [2.24, 2.45) is 5.73 Å². The average molecular weight is 440 g/mol. The Bertz CT molecular complexity index is 948. The van der Waals surface area contributed by atoms with Gasteiger partial charge in [-0.3, -0.25) is 14.6 Å². The molecular formula is C25H33N3O4. The number of aryl methyl sites for hydroxylation is 3. The Balaban J connectivity index is 1.37. The van der Waals surface area contributed by atoms with Gasteiger partial charge in [0, 0.05) is 32.7 Å². The summed E-state index contributed by atoms with van der Waals surface area (Å²) < 4.78 is 11.7. The number of aliphatic hydroxyl groups excluding tert-OH is 1. The van der Waals surface area contributed by atoms with E-state index in [9.17, 15) is 9.90 Å². The number of amides is 1. The maximum atomic E-state index is 12.5. The molecule has 3 unspecified atom stereocenters. The highest BCUT2D eigenvalue weighted by atomic mass is 16.6. The molecule has 2 heterocycles. The molecule has 0 saturated carbocycles. The number of aliphatic hydroxyl groups is 1. The summed E-state index contributed by atoms with van der Waals surface area (Å²) in [7, 11) is 0. The van der Waals surface area contributed by atoms with Crippen LogP contribution >= 0.6 is 0 Å². The summed E-state index contributed by atoms with van der Waals surface area (Å²) in [6.45, 7) is 9.87. The lowest BCUT2D eigenvalue weighted by Gasteiger charge is -2.40. The third-order valence-corrected chi connectivity index (χ3v) is 6.46. The quantitative estimate of drug-likeness (QED) is 0.715. The van der Waals surface area contributed by atoms with Gasteiger partial charge in [-0.25, -0.2) is 0 Å². The number of carbonyl (C=O) groups excluding carboxylic acids is 1. The molecule has 2 aromatic rings. The van der Waals surface area contributed by atoms with Crippen LogP contribution in [0.1, 0.15) is 28.3 Å². The number of benzene rings is 2. The first kappa shape index (κ1) is 22.6. The number of hydrogen-bond donors (Lipinski definition) is 2. The fraction of sp³-hybridized carbons (Fsp3) is 0.480. The first-order valence-electron chi connectivity index (χ1n) is 11.2.